The van der Waals surface area contributed by atoms with Crippen molar-refractivity contribution in [3.63, 3.8) is 0 Å². The number of rotatable bonds is 8. The topological polar surface area (TPSA) is 88.5 Å². The lowest BCUT2D eigenvalue weighted by Crippen LogP contribution is -2.38. The van der Waals surface area contributed by atoms with Crippen LogP contribution >= 0.6 is 22.7 Å². The first-order chi connectivity index (χ1) is 13.3. The van der Waals surface area contributed by atoms with Gasteiger partial charge < -0.3 is 15.4 Å². The van der Waals surface area contributed by atoms with Crippen LogP contribution in [0.3, 0.4) is 0 Å². The molecule has 2 aromatic heterocycles. The van der Waals surface area contributed by atoms with Gasteiger partial charge in [-0.25, -0.2) is 14.8 Å². The van der Waals surface area contributed by atoms with E-state index in [0.29, 0.717) is 35.6 Å². The monoisotopic (exact) mass is 423 g/mol. The standard InChI is InChI=1S/C19H29N5O2S2/c1-7-26-18(25)16-12(4)23-17(28-16)13(5)24-19(20-6)22-10-14-9-21-15(27-14)8-11(2)3/h9,11,13H,7-8,10H2,1-6H3,(H2,20,22,24). The van der Waals surface area contributed by atoms with Gasteiger partial charge in [-0.15, -0.1) is 22.7 Å². The van der Waals surface area contributed by atoms with E-state index in [4.69, 9.17) is 4.74 Å². The minimum atomic E-state index is -0.319. The third-order valence-electron chi connectivity index (χ3n) is 3.84. The molecule has 0 fully saturated rings. The number of aryl methyl sites for hydroxylation is 1. The molecule has 7 nitrogen and oxygen atoms in total. The number of aromatic nitrogens is 2. The van der Waals surface area contributed by atoms with Crippen LogP contribution in [-0.2, 0) is 17.7 Å². The fraction of sp³-hybridized carbons (Fsp3) is 0.579. The van der Waals surface area contributed by atoms with Gasteiger partial charge in [-0.2, -0.15) is 0 Å². The Hall–Kier alpha value is -2.00. The van der Waals surface area contributed by atoms with Crippen molar-refractivity contribution in [1.29, 1.82) is 0 Å². The van der Waals surface area contributed by atoms with E-state index in [-0.39, 0.29) is 12.0 Å². The van der Waals surface area contributed by atoms with Gasteiger partial charge in [0, 0.05) is 24.5 Å². The van der Waals surface area contributed by atoms with Gasteiger partial charge in [-0.1, -0.05) is 13.8 Å². The van der Waals surface area contributed by atoms with Crippen molar-refractivity contribution in [1.82, 2.24) is 20.6 Å². The lowest BCUT2D eigenvalue weighted by atomic mass is 10.1. The summed E-state index contributed by atoms with van der Waals surface area (Å²) in [5, 5.41) is 8.61. The third kappa shape index (κ3) is 6.27. The van der Waals surface area contributed by atoms with Crippen LogP contribution in [0.4, 0.5) is 0 Å². The highest BCUT2D eigenvalue weighted by Crippen LogP contribution is 2.24. The molecule has 0 radical (unpaired) electrons. The minimum absolute atomic E-state index is 0.0870. The van der Waals surface area contributed by atoms with Crippen LogP contribution in [0.15, 0.2) is 11.2 Å². The molecule has 0 aromatic carbocycles. The highest BCUT2D eigenvalue weighted by atomic mass is 32.1. The molecule has 1 unspecified atom stereocenters. The number of ether oxygens (including phenoxy) is 1. The van der Waals surface area contributed by atoms with Crippen molar-refractivity contribution >= 4 is 34.6 Å². The maximum Gasteiger partial charge on any atom is 0.350 e. The Balaban J connectivity index is 1.94. The number of hydrogen-bond acceptors (Lipinski definition) is 7. The van der Waals surface area contributed by atoms with E-state index in [1.807, 2.05) is 20.0 Å². The van der Waals surface area contributed by atoms with Gasteiger partial charge in [-0.05, 0) is 26.7 Å². The molecular weight excluding hydrogens is 394 g/mol. The van der Waals surface area contributed by atoms with E-state index >= 15 is 0 Å². The maximum atomic E-state index is 12.0. The normalized spacial score (nSPS) is 12.9. The number of carbonyl (C=O) groups excluding carboxylic acids is 1. The molecule has 0 aliphatic rings. The summed E-state index contributed by atoms with van der Waals surface area (Å²) in [5.41, 5.74) is 0.692. The Labute approximate surface area is 174 Å². The van der Waals surface area contributed by atoms with Crippen molar-refractivity contribution in [3.05, 3.63) is 31.7 Å². The van der Waals surface area contributed by atoms with Crippen LogP contribution in [0.1, 0.15) is 64.0 Å². The zero-order chi connectivity index (χ0) is 20.7. The Morgan fingerprint density at radius 2 is 2.07 bits per heavy atom. The summed E-state index contributed by atoms with van der Waals surface area (Å²) < 4.78 is 5.09. The number of esters is 1. The summed E-state index contributed by atoms with van der Waals surface area (Å²) in [6.45, 7) is 11.0. The zero-order valence-electron chi connectivity index (χ0n) is 17.3. The summed E-state index contributed by atoms with van der Waals surface area (Å²) in [6.07, 6.45) is 2.92. The summed E-state index contributed by atoms with van der Waals surface area (Å²) in [4.78, 5) is 27.0. The summed E-state index contributed by atoms with van der Waals surface area (Å²) in [6, 6.07) is -0.0870. The Morgan fingerprint density at radius 1 is 1.32 bits per heavy atom. The second-order valence-corrected chi connectivity index (χ2v) is 9.03. The van der Waals surface area contributed by atoms with Crippen molar-refractivity contribution in [2.45, 2.75) is 53.6 Å². The van der Waals surface area contributed by atoms with Crippen molar-refractivity contribution in [2.24, 2.45) is 10.9 Å². The van der Waals surface area contributed by atoms with E-state index in [0.717, 1.165) is 16.4 Å². The van der Waals surface area contributed by atoms with Crippen LogP contribution in [0.5, 0.6) is 0 Å². The molecule has 0 spiro atoms. The summed E-state index contributed by atoms with van der Waals surface area (Å²) in [5.74, 6) is 0.959. The lowest BCUT2D eigenvalue weighted by molar-refractivity contribution is 0.0531. The molecule has 0 aliphatic carbocycles. The van der Waals surface area contributed by atoms with Crippen LogP contribution in [0.25, 0.3) is 0 Å². The molecule has 1 atom stereocenters. The highest BCUT2D eigenvalue weighted by molar-refractivity contribution is 7.13. The van der Waals surface area contributed by atoms with Gasteiger partial charge in [0.2, 0.25) is 0 Å². The number of nitrogens with one attached hydrogen (secondary N) is 2. The minimum Gasteiger partial charge on any atom is -0.462 e. The Bertz CT molecular complexity index is 813. The molecule has 0 saturated carbocycles. The molecule has 2 heterocycles. The van der Waals surface area contributed by atoms with Crippen molar-refractivity contribution in [2.75, 3.05) is 13.7 Å². The quantitative estimate of drug-likeness (QED) is 0.382. The lowest BCUT2D eigenvalue weighted by Gasteiger charge is -2.15. The predicted molar refractivity (Wildman–Crippen MR) is 115 cm³/mol. The van der Waals surface area contributed by atoms with Gasteiger partial charge in [0.1, 0.15) is 9.88 Å². The number of nitrogens with zero attached hydrogens (tertiary/aromatic N) is 3. The maximum absolute atomic E-state index is 12.0. The fourth-order valence-electron chi connectivity index (χ4n) is 2.49. The number of hydrogen-bond donors (Lipinski definition) is 2. The van der Waals surface area contributed by atoms with Gasteiger partial charge in [0.05, 0.1) is 29.9 Å². The third-order valence-corrected chi connectivity index (χ3v) is 6.18. The summed E-state index contributed by atoms with van der Waals surface area (Å²) in [7, 11) is 1.73. The van der Waals surface area contributed by atoms with E-state index in [1.54, 1.807) is 25.3 Å². The van der Waals surface area contributed by atoms with E-state index in [2.05, 4.69) is 39.4 Å². The molecule has 2 N–H and O–H groups in total. The first-order valence-electron chi connectivity index (χ1n) is 9.39. The average molecular weight is 424 g/mol. The van der Waals surface area contributed by atoms with Crippen molar-refractivity contribution < 1.29 is 9.53 Å². The average Bonchev–Trinajstić information content (AvgIpc) is 3.24. The molecule has 0 aliphatic heterocycles. The molecule has 154 valence electrons. The van der Waals surface area contributed by atoms with Crippen LogP contribution in [0.2, 0.25) is 0 Å². The molecule has 9 heteroatoms. The first-order valence-corrected chi connectivity index (χ1v) is 11.0. The smallest absolute Gasteiger partial charge is 0.350 e. The second-order valence-electron chi connectivity index (χ2n) is 6.80. The van der Waals surface area contributed by atoms with E-state index in [1.165, 1.54) is 16.2 Å². The van der Waals surface area contributed by atoms with Gasteiger partial charge in [0.15, 0.2) is 5.96 Å². The number of aliphatic imine (C=N–C) groups is 1. The van der Waals surface area contributed by atoms with E-state index in [9.17, 15) is 4.79 Å². The highest BCUT2D eigenvalue weighted by Gasteiger charge is 2.20. The SMILES string of the molecule is CCOC(=O)c1sc(C(C)NC(=NC)NCc2cnc(CC(C)C)s2)nc1C. The van der Waals surface area contributed by atoms with Gasteiger partial charge in [0.25, 0.3) is 0 Å². The largest absolute Gasteiger partial charge is 0.462 e. The summed E-state index contributed by atoms with van der Waals surface area (Å²) >= 11 is 3.08. The Kier molecular flexibility index (Phi) is 8.37. The number of thiazole rings is 2. The second kappa shape index (κ2) is 10.5. The van der Waals surface area contributed by atoms with Gasteiger partial charge in [-0.3, -0.25) is 4.99 Å². The molecule has 2 rings (SSSR count). The van der Waals surface area contributed by atoms with Crippen LogP contribution in [-0.4, -0.2) is 35.6 Å². The molecule has 2 aromatic rings. The van der Waals surface area contributed by atoms with Crippen LogP contribution < -0.4 is 10.6 Å². The fourth-order valence-corrected chi connectivity index (χ4v) is 4.53. The molecule has 28 heavy (non-hydrogen) atoms. The molecule has 0 bridgehead atoms. The number of guanidine groups is 1. The van der Waals surface area contributed by atoms with Gasteiger partial charge >= 0.3 is 5.97 Å². The van der Waals surface area contributed by atoms with Crippen LogP contribution in [0, 0.1) is 12.8 Å². The molecule has 0 saturated heterocycles. The Morgan fingerprint density at radius 3 is 2.71 bits per heavy atom. The van der Waals surface area contributed by atoms with E-state index < -0.39 is 0 Å². The van der Waals surface area contributed by atoms with Crippen molar-refractivity contribution in [3.8, 4) is 0 Å². The zero-order valence-corrected chi connectivity index (χ0v) is 19.0. The number of carbonyl (C=O) groups is 1. The molecule has 0 amide bonds. The first kappa shape index (κ1) is 22.3. The molecular formula is C19H29N5O2S2. The predicted octanol–water partition coefficient (Wildman–Crippen LogP) is 3.71.